The van der Waals surface area contributed by atoms with E-state index in [1.807, 2.05) is 42.3 Å². The third-order valence-corrected chi connectivity index (χ3v) is 2.70. The van der Waals surface area contributed by atoms with Crippen molar-refractivity contribution < 1.29 is 4.39 Å². The van der Waals surface area contributed by atoms with Crippen LogP contribution in [0.4, 0.5) is 15.8 Å². The maximum atomic E-state index is 13.1. The van der Waals surface area contributed by atoms with Crippen molar-refractivity contribution in [2.75, 3.05) is 11.9 Å². The second-order valence-corrected chi connectivity index (χ2v) is 3.91. The zero-order valence-electron chi connectivity index (χ0n) is 10.0. The Hall–Kier alpha value is -2.36. The predicted octanol–water partition coefficient (Wildman–Crippen LogP) is 2.89. The highest BCUT2D eigenvalue weighted by atomic mass is 19.1. The lowest BCUT2D eigenvalue weighted by Gasteiger charge is -2.19. The number of benzene rings is 2. The molecule has 2 rings (SSSR count). The van der Waals surface area contributed by atoms with E-state index in [-0.39, 0.29) is 5.82 Å². The summed E-state index contributed by atoms with van der Waals surface area (Å²) >= 11 is 0. The first-order chi connectivity index (χ1) is 8.70. The molecule has 0 saturated carbocycles. The number of hydrogen-bond acceptors (Lipinski definition) is 3. The molecule has 0 atom stereocenters. The Morgan fingerprint density at radius 3 is 2.44 bits per heavy atom. The third kappa shape index (κ3) is 2.66. The summed E-state index contributed by atoms with van der Waals surface area (Å²) in [7, 11) is 1.89. The van der Waals surface area contributed by atoms with Crippen LogP contribution in [-0.2, 0) is 0 Å². The molecule has 18 heavy (non-hydrogen) atoms. The van der Waals surface area contributed by atoms with E-state index < -0.39 is 0 Å². The van der Waals surface area contributed by atoms with Gasteiger partial charge in [-0.2, -0.15) is 5.10 Å². The second-order valence-electron chi connectivity index (χ2n) is 3.91. The zero-order valence-corrected chi connectivity index (χ0v) is 10.0. The number of hydrogen-bond donors (Lipinski definition) is 1. The minimum Gasteiger partial charge on any atom is -0.345 e. The quantitative estimate of drug-likeness (QED) is 0.511. The summed E-state index contributed by atoms with van der Waals surface area (Å²) in [6.45, 7) is 0. The summed E-state index contributed by atoms with van der Waals surface area (Å²) in [5, 5.41) is 3.46. The second kappa shape index (κ2) is 5.31. The monoisotopic (exact) mass is 243 g/mol. The van der Waals surface area contributed by atoms with Crippen LogP contribution in [0.5, 0.6) is 0 Å². The SMILES string of the molecule is CN(c1ccc(C=NN)cc1)c1cccc(F)c1. The molecule has 0 aliphatic rings. The van der Waals surface area contributed by atoms with Crippen LogP contribution in [0.3, 0.4) is 0 Å². The van der Waals surface area contributed by atoms with E-state index in [4.69, 9.17) is 5.84 Å². The molecule has 0 aliphatic heterocycles. The molecule has 0 bridgehead atoms. The molecule has 0 saturated heterocycles. The van der Waals surface area contributed by atoms with Gasteiger partial charge in [0, 0.05) is 18.4 Å². The van der Waals surface area contributed by atoms with Crippen molar-refractivity contribution >= 4 is 17.6 Å². The normalized spacial score (nSPS) is 10.8. The fourth-order valence-electron chi connectivity index (χ4n) is 1.70. The first-order valence-electron chi connectivity index (χ1n) is 5.53. The van der Waals surface area contributed by atoms with Gasteiger partial charge in [-0.3, -0.25) is 0 Å². The van der Waals surface area contributed by atoms with Crippen molar-refractivity contribution in [3.63, 3.8) is 0 Å². The van der Waals surface area contributed by atoms with Gasteiger partial charge < -0.3 is 10.7 Å². The highest BCUT2D eigenvalue weighted by Gasteiger charge is 2.04. The van der Waals surface area contributed by atoms with E-state index in [2.05, 4.69) is 5.10 Å². The van der Waals surface area contributed by atoms with Gasteiger partial charge in [-0.1, -0.05) is 18.2 Å². The highest BCUT2D eigenvalue weighted by molar-refractivity contribution is 5.80. The molecule has 0 heterocycles. The molecule has 0 fully saturated rings. The lowest BCUT2D eigenvalue weighted by molar-refractivity contribution is 0.628. The maximum Gasteiger partial charge on any atom is 0.125 e. The molecule has 0 radical (unpaired) electrons. The molecule has 0 aliphatic carbocycles. The number of rotatable bonds is 3. The first-order valence-corrected chi connectivity index (χ1v) is 5.53. The van der Waals surface area contributed by atoms with Crippen LogP contribution in [0.15, 0.2) is 53.6 Å². The van der Waals surface area contributed by atoms with Gasteiger partial charge in [-0.05, 0) is 35.9 Å². The van der Waals surface area contributed by atoms with Crippen LogP contribution < -0.4 is 10.7 Å². The fraction of sp³-hybridized carbons (Fsp3) is 0.0714. The molecule has 0 unspecified atom stereocenters. The largest absolute Gasteiger partial charge is 0.345 e. The Kier molecular flexibility index (Phi) is 3.57. The Morgan fingerprint density at radius 2 is 1.83 bits per heavy atom. The maximum absolute atomic E-state index is 13.1. The standard InChI is InChI=1S/C14H14FN3/c1-18(14-4-2-3-12(15)9-14)13-7-5-11(6-8-13)10-17-16/h2-10H,16H2,1H3. The Morgan fingerprint density at radius 1 is 1.11 bits per heavy atom. The zero-order chi connectivity index (χ0) is 13.0. The summed E-state index contributed by atoms with van der Waals surface area (Å²) in [5.41, 5.74) is 2.69. The van der Waals surface area contributed by atoms with Crippen LogP contribution in [-0.4, -0.2) is 13.3 Å². The lowest BCUT2D eigenvalue weighted by atomic mass is 10.2. The predicted molar refractivity (Wildman–Crippen MR) is 72.7 cm³/mol. The lowest BCUT2D eigenvalue weighted by Crippen LogP contribution is -2.09. The summed E-state index contributed by atoms with van der Waals surface area (Å²) in [4.78, 5) is 1.91. The van der Waals surface area contributed by atoms with Crippen molar-refractivity contribution in [2.45, 2.75) is 0 Å². The molecule has 0 spiro atoms. The Balaban J connectivity index is 2.25. The van der Waals surface area contributed by atoms with Crippen LogP contribution in [0.1, 0.15) is 5.56 Å². The van der Waals surface area contributed by atoms with Crippen molar-refractivity contribution in [1.82, 2.24) is 0 Å². The van der Waals surface area contributed by atoms with E-state index >= 15 is 0 Å². The number of hydrazone groups is 1. The van der Waals surface area contributed by atoms with Crippen LogP contribution >= 0.6 is 0 Å². The molecule has 0 amide bonds. The van der Waals surface area contributed by atoms with E-state index in [1.54, 1.807) is 12.3 Å². The molecule has 3 nitrogen and oxygen atoms in total. The molecule has 2 aromatic rings. The van der Waals surface area contributed by atoms with Crippen LogP contribution in [0.25, 0.3) is 0 Å². The van der Waals surface area contributed by atoms with Crippen molar-refractivity contribution in [3.8, 4) is 0 Å². The van der Waals surface area contributed by atoms with E-state index in [0.717, 1.165) is 16.9 Å². The number of nitrogens with two attached hydrogens (primary N) is 1. The molecule has 2 N–H and O–H groups in total. The van der Waals surface area contributed by atoms with Gasteiger partial charge in [-0.15, -0.1) is 0 Å². The first kappa shape index (κ1) is 12.1. The van der Waals surface area contributed by atoms with Gasteiger partial charge in [0.15, 0.2) is 0 Å². The van der Waals surface area contributed by atoms with Gasteiger partial charge in [-0.25, -0.2) is 4.39 Å². The molecule has 0 aromatic heterocycles. The topological polar surface area (TPSA) is 41.6 Å². The van der Waals surface area contributed by atoms with E-state index in [1.165, 1.54) is 12.1 Å². The van der Waals surface area contributed by atoms with Gasteiger partial charge >= 0.3 is 0 Å². The molecule has 4 heteroatoms. The highest BCUT2D eigenvalue weighted by Crippen LogP contribution is 2.23. The summed E-state index contributed by atoms with van der Waals surface area (Å²) in [5.74, 6) is 4.84. The summed E-state index contributed by atoms with van der Waals surface area (Å²) < 4.78 is 13.1. The summed E-state index contributed by atoms with van der Waals surface area (Å²) in [6.07, 6.45) is 1.58. The Bertz CT molecular complexity index is 549. The minimum absolute atomic E-state index is 0.244. The Labute approximate surface area is 105 Å². The van der Waals surface area contributed by atoms with E-state index in [0.29, 0.717) is 0 Å². The van der Waals surface area contributed by atoms with Crippen molar-refractivity contribution in [1.29, 1.82) is 0 Å². The molecule has 2 aromatic carbocycles. The summed E-state index contributed by atoms with van der Waals surface area (Å²) in [6, 6.07) is 14.1. The van der Waals surface area contributed by atoms with Crippen molar-refractivity contribution in [3.05, 3.63) is 59.9 Å². The van der Waals surface area contributed by atoms with Gasteiger partial charge in [0.2, 0.25) is 0 Å². The molecular weight excluding hydrogens is 229 g/mol. The average Bonchev–Trinajstić information content (AvgIpc) is 2.39. The number of nitrogens with zero attached hydrogens (tertiary/aromatic N) is 2. The van der Waals surface area contributed by atoms with Gasteiger partial charge in [0.05, 0.1) is 6.21 Å². The molecular formula is C14H14FN3. The van der Waals surface area contributed by atoms with Crippen molar-refractivity contribution in [2.24, 2.45) is 10.9 Å². The smallest absolute Gasteiger partial charge is 0.125 e. The number of anilines is 2. The van der Waals surface area contributed by atoms with Gasteiger partial charge in [0.25, 0.3) is 0 Å². The van der Waals surface area contributed by atoms with E-state index in [9.17, 15) is 4.39 Å². The third-order valence-electron chi connectivity index (χ3n) is 2.70. The van der Waals surface area contributed by atoms with Crippen LogP contribution in [0.2, 0.25) is 0 Å². The van der Waals surface area contributed by atoms with Crippen LogP contribution in [0, 0.1) is 5.82 Å². The number of halogens is 1. The molecule has 92 valence electrons. The fourth-order valence-corrected chi connectivity index (χ4v) is 1.70. The van der Waals surface area contributed by atoms with Gasteiger partial charge in [0.1, 0.15) is 5.82 Å². The minimum atomic E-state index is -0.244. The average molecular weight is 243 g/mol.